The van der Waals surface area contributed by atoms with Crippen LogP contribution in [-0.2, 0) is 20.6 Å². The Morgan fingerprint density at radius 2 is 1.62 bits per heavy atom. The van der Waals surface area contributed by atoms with Crippen LogP contribution in [0.1, 0.15) is 26.3 Å². The van der Waals surface area contributed by atoms with Crippen molar-refractivity contribution in [3.05, 3.63) is 57.8 Å². The summed E-state index contributed by atoms with van der Waals surface area (Å²) >= 11 is 0. The van der Waals surface area contributed by atoms with Gasteiger partial charge in [0.1, 0.15) is 58.7 Å². The van der Waals surface area contributed by atoms with E-state index >= 15 is 0 Å². The van der Waals surface area contributed by atoms with Gasteiger partial charge in [-0.15, -0.1) is 0 Å². The van der Waals surface area contributed by atoms with Crippen LogP contribution in [0.4, 0.5) is 0 Å². The standard InChI is InChI=1S/C31H36O14/c1-12(2)4-9-16-17(33)10-18(34)20-23(38)28(26(43-27(16)20)14-5-7-15(32)8-6-14)44-31-29(24(39)21(36)13(3)42-31)45-30-25(40)22(37)19(35)11-41-30/h4-8,10,13,19,21-22,24-25,29-37,39-40H,9,11H2,1-3H3/t13-,19+,21-,22-,24+,25-,29-,30-,31-/m0/s1. The van der Waals surface area contributed by atoms with Gasteiger partial charge in [-0.2, -0.15) is 0 Å². The van der Waals surface area contributed by atoms with Crippen molar-refractivity contribution in [2.75, 3.05) is 6.61 Å². The lowest BCUT2D eigenvalue weighted by molar-refractivity contribution is -0.341. The first-order valence-electron chi connectivity index (χ1n) is 14.2. The van der Waals surface area contributed by atoms with Gasteiger partial charge in [-0.3, -0.25) is 4.79 Å². The van der Waals surface area contributed by atoms with Crippen LogP contribution in [0.2, 0.25) is 0 Å². The minimum absolute atomic E-state index is 0.0859. The molecular formula is C31H36O14. The van der Waals surface area contributed by atoms with Crippen molar-refractivity contribution < 1.29 is 64.2 Å². The molecule has 0 saturated carbocycles. The molecule has 45 heavy (non-hydrogen) atoms. The molecule has 0 spiro atoms. The number of benzene rings is 2. The van der Waals surface area contributed by atoms with Gasteiger partial charge in [0.25, 0.3) is 0 Å². The van der Waals surface area contributed by atoms with Gasteiger partial charge in [0, 0.05) is 17.2 Å². The molecule has 2 fully saturated rings. The molecule has 5 rings (SSSR count). The highest BCUT2D eigenvalue weighted by Gasteiger charge is 2.49. The predicted molar refractivity (Wildman–Crippen MR) is 156 cm³/mol. The lowest BCUT2D eigenvalue weighted by atomic mass is 9.99. The van der Waals surface area contributed by atoms with Crippen molar-refractivity contribution >= 4 is 11.0 Å². The Balaban J connectivity index is 1.65. The predicted octanol–water partition coefficient (Wildman–Crippen LogP) is 0.755. The Hall–Kier alpha value is -3.73. The van der Waals surface area contributed by atoms with Gasteiger partial charge in [-0.05, 0) is 51.5 Å². The van der Waals surface area contributed by atoms with E-state index in [-0.39, 0.29) is 45.8 Å². The number of fused-ring (bicyclic) bond motifs is 1. The summed E-state index contributed by atoms with van der Waals surface area (Å²) in [6, 6.07) is 6.53. The minimum atomic E-state index is -1.76. The maximum absolute atomic E-state index is 14.1. The number of allylic oxidation sites excluding steroid dienone is 2. The summed E-state index contributed by atoms with van der Waals surface area (Å²) in [5.41, 5.74) is 0.347. The monoisotopic (exact) mass is 632 g/mol. The van der Waals surface area contributed by atoms with Gasteiger partial charge < -0.3 is 64.2 Å². The Morgan fingerprint density at radius 3 is 2.29 bits per heavy atom. The SMILES string of the molecule is CC(C)=CCc1c(O)cc(O)c2c(=O)c(O[C@@H]3O[C@@H](C)[C@H](O)[C@@H](O)[C@@H]3O[C@@H]3OC[C@@H](O)[C@H](O)[C@@H]3O)c(-c3ccc(O)cc3)oc12. The molecule has 0 aliphatic carbocycles. The third-order valence-electron chi connectivity index (χ3n) is 7.79. The summed E-state index contributed by atoms with van der Waals surface area (Å²) in [7, 11) is 0. The zero-order valence-electron chi connectivity index (χ0n) is 24.6. The van der Waals surface area contributed by atoms with E-state index in [9.17, 15) is 45.6 Å². The average molecular weight is 633 g/mol. The topological polar surface area (TPSA) is 229 Å². The third-order valence-corrected chi connectivity index (χ3v) is 7.79. The van der Waals surface area contributed by atoms with Crippen LogP contribution in [0, 0.1) is 0 Å². The van der Waals surface area contributed by atoms with Gasteiger partial charge in [-0.25, -0.2) is 0 Å². The van der Waals surface area contributed by atoms with Crippen molar-refractivity contribution in [1.82, 2.24) is 0 Å². The number of phenols is 3. The zero-order valence-corrected chi connectivity index (χ0v) is 24.6. The van der Waals surface area contributed by atoms with Gasteiger partial charge in [0.2, 0.25) is 17.5 Å². The van der Waals surface area contributed by atoms with Crippen LogP contribution in [0.3, 0.4) is 0 Å². The highest BCUT2D eigenvalue weighted by molar-refractivity contribution is 5.91. The summed E-state index contributed by atoms with van der Waals surface area (Å²) in [4.78, 5) is 14.1. The molecule has 0 bridgehead atoms. The van der Waals surface area contributed by atoms with Gasteiger partial charge in [-0.1, -0.05) is 11.6 Å². The number of ether oxygens (including phenoxy) is 4. The van der Waals surface area contributed by atoms with Gasteiger partial charge >= 0.3 is 0 Å². The second-order valence-electron chi connectivity index (χ2n) is 11.4. The molecule has 2 aliphatic heterocycles. The summed E-state index contributed by atoms with van der Waals surface area (Å²) in [5, 5.41) is 82.9. The molecule has 14 nitrogen and oxygen atoms in total. The first-order valence-corrected chi connectivity index (χ1v) is 14.2. The minimum Gasteiger partial charge on any atom is -0.508 e. The van der Waals surface area contributed by atoms with Gasteiger partial charge in [0.15, 0.2) is 18.2 Å². The first kappa shape index (κ1) is 32.7. The van der Waals surface area contributed by atoms with E-state index in [0.29, 0.717) is 0 Å². The van der Waals surface area contributed by atoms with Crippen LogP contribution in [0.15, 0.2) is 51.2 Å². The van der Waals surface area contributed by atoms with Crippen LogP contribution < -0.4 is 10.2 Å². The number of aromatic hydroxyl groups is 3. The molecular weight excluding hydrogens is 596 g/mol. The average Bonchev–Trinajstić information content (AvgIpc) is 2.98. The molecule has 2 aromatic carbocycles. The molecule has 0 amide bonds. The largest absolute Gasteiger partial charge is 0.508 e. The molecule has 244 valence electrons. The Labute approximate surface area is 256 Å². The number of aliphatic hydroxyl groups is 5. The number of aliphatic hydroxyl groups excluding tert-OH is 5. The number of hydrogen-bond donors (Lipinski definition) is 8. The Morgan fingerprint density at radius 1 is 0.933 bits per heavy atom. The van der Waals surface area contributed by atoms with E-state index in [1.165, 1.54) is 31.2 Å². The van der Waals surface area contributed by atoms with E-state index < -0.39 is 78.8 Å². The molecule has 9 atom stereocenters. The molecule has 3 heterocycles. The lowest BCUT2D eigenvalue weighted by Gasteiger charge is -2.44. The Kier molecular flexibility index (Phi) is 9.39. The second kappa shape index (κ2) is 12.9. The molecule has 2 aliphatic rings. The second-order valence-corrected chi connectivity index (χ2v) is 11.4. The molecule has 14 heteroatoms. The summed E-state index contributed by atoms with van der Waals surface area (Å²) in [5.74, 6) is -1.72. The van der Waals surface area contributed by atoms with Crippen molar-refractivity contribution in [2.45, 2.75) is 82.5 Å². The lowest BCUT2D eigenvalue weighted by Crippen LogP contribution is -2.62. The first-order chi connectivity index (χ1) is 21.3. The highest BCUT2D eigenvalue weighted by Crippen LogP contribution is 2.40. The van der Waals surface area contributed by atoms with Crippen molar-refractivity contribution in [1.29, 1.82) is 0 Å². The number of rotatable bonds is 7. The molecule has 3 aromatic rings. The summed E-state index contributed by atoms with van der Waals surface area (Å²) in [6.07, 6.45) is -12.1. The molecule has 2 saturated heterocycles. The summed E-state index contributed by atoms with van der Waals surface area (Å²) < 4.78 is 29.0. The zero-order chi connectivity index (χ0) is 32.7. The maximum atomic E-state index is 14.1. The number of hydrogen-bond acceptors (Lipinski definition) is 14. The smallest absolute Gasteiger partial charge is 0.239 e. The van der Waals surface area contributed by atoms with E-state index in [0.717, 1.165) is 11.6 Å². The van der Waals surface area contributed by atoms with Crippen LogP contribution in [0.5, 0.6) is 23.0 Å². The van der Waals surface area contributed by atoms with Crippen LogP contribution >= 0.6 is 0 Å². The Bertz CT molecular complexity index is 1610. The van der Waals surface area contributed by atoms with Crippen molar-refractivity contribution in [2.24, 2.45) is 0 Å². The highest BCUT2D eigenvalue weighted by atomic mass is 16.8. The molecule has 0 radical (unpaired) electrons. The summed E-state index contributed by atoms with van der Waals surface area (Å²) in [6.45, 7) is 4.70. The normalized spacial score (nSPS) is 30.3. The molecule has 1 aromatic heterocycles. The van der Waals surface area contributed by atoms with Crippen LogP contribution in [-0.4, -0.2) is 103 Å². The molecule has 0 unspecified atom stereocenters. The van der Waals surface area contributed by atoms with E-state index in [1.807, 2.05) is 13.8 Å². The maximum Gasteiger partial charge on any atom is 0.239 e. The van der Waals surface area contributed by atoms with Gasteiger partial charge in [0.05, 0.1) is 12.7 Å². The fourth-order valence-electron chi connectivity index (χ4n) is 5.19. The van der Waals surface area contributed by atoms with E-state index in [1.54, 1.807) is 6.08 Å². The molecule has 8 N–H and O–H groups in total. The third kappa shape index (κ3) is 6.36. The van der Waals surface area contributed by atoms with E-state index in [2.05, 4.69) is 0 Å². The van der Waals surface area contributed by atoms with Crippen molar-refractivity contribution in [3.63, 3.8) is 0 Å². The van der Waals surface area contributed by atoms with E-state index in [4.69, 9.17) is 23.4 Å². The quantitative estimate of drug-likeness (QED) is 0.168. The van der Waals surface area contributed by atoms with Crippen molar-refractivity contribution in [3.8, 4) is 34.3 Å². The fourth-order valence-corrected chi connectivity index (χ4v) is 5.19. The van der Waals surface area contributed by atoms with Crippen LogP contribution in [0.25, 0.3) is 22.3 Å². The fraction of sp³-hybridized carbons (Fsp3) is 0.452. The number of phenolic OH excluding ortho intramolecular Hbond substituents is 3.